The van der Waals surface area contributed by atoms with Gasteiger partial charge in [0.25, 0.3) is 0 Å². The first-order valence-corrected chi connectivity index (χ1v) is 5.74. The summed E-state index contributed by atoms with van der Waals surface area (Å²) >= 11 is 0. The minimum atomic E-state index is 0.589. The van der Waals surface area contributed by atoms with Crippen molar-refractivity contribution in [2.24, 2.45) is 0 Å². The van der Waals surface area contributed by atoms with E-state index < -0.39 is 0 Å². The molecule has 0 saturated carbocycles. The van der Waals surface area contributed by atoms with Gasteiger partial charge in [-0.3, -0.25) is 0 Å². The van der Waals surface area contributed by atoms with Gasteiger partial charge in [0.15, 0.2) is 0 Å². The molecule has 0 aliphatic heterocycles. The number of pyridine rings is 1. The van der Waals surface area contributed by atoms with Crippen LogP contribution in [0.1, 0.15) is 33.1 Å². The molecule has 0 atom stereocenters. The molecule has 0 aliphatic carbocycles. The second-order valence-electron chi connectivity index (χ2n) is 3.78. The molecular weight excluding hydrogens is 186 g/mol. The normalized spacial score (nSPS) is 10.3. The number of nitrogen functional groups attached to an aromatic ring is 1. The molecule has 3 heteroatoms. The fourth-order valence-electron chi connectivity index (χ4n) is 1.57. The maximum atomic E-state index is 5.57. The first-order valence-electron chi connectivity index (χ1n) is 5.74. The van der Waals surface area contributed by atoms with Crippen LogP contribution in [0.2, 0.25) is 0 Å². The van der Waals surface area contributed by atoms with Crippen molar-refractivity contribution in [3.63, 3.8) is 0 Å². The predicted molar refractivity (Wildman–Crippen MR) is 66.1 cm³/mol. The third-order valence-corrected chi connectivity index (χ3v) is 2.41. The van der Waals surface area contributed by atoms with Gasteiger partial charge in [0, 0.05) is 13.1 Å². The highest BCUT2D eigenvalue weighted by molar-refractivity contribution is 5.47. The van der Waals surface area contributed by atoms with E-state index in [4.69, 9.17) is 5.73 Å². The fraction of sp³-hybridized carbons (Fsp3) is 0.583. The van der Waals surface area contributed by atoms with E-state index in [1.165, 1.54) is 18.5 Å². The van der Waals surface area contributed by atoms with Crippen molar-refractivity contribution < 1.29 is 0 Å². The minimum absolute atomic E-state index is 0.589. The van der Waals surface area contributed by atoms with E-state index in [0.717, 1.165) is 19.5 Å². The fourth-order valence-corrected chi connectivity index (χ4v) is 1.57. The molecule has 0 unspecified atom stereocenters. The van der Waals surface area contributed by atoms with Gasteiger partial charge in [0.2, 0.25) is 0 Å². The van der Waals surface area contributed by atoms with E-state index in [2.05, 4.69) is 23.7 Å². The number of nitrogens with two attached hydrogens (primary N) is 1. The lowest BCUT2D eigenvalue weighted by atomic mass is 10.2. The molecule has 0 fully saturated rings. The van der Waals surface area contributed by atoms with Crippen LogP contribution in [-0.2, 0) is 0 Å². The number of hydrogen-bond donors (Lipinski definition) is 1. The van der Waals surface area contributed by atoms with Gasteiger partial charge < -0.3 is 10.6 Å². The first kappa shape index (κ1) is 11.8. The van der Waals surface area contributed by atoms with Crippen molar-refractivity contribution in [3.05, 3.63) is 18.3 Å². The van der Waals surface area contributed by atoms with Crippen molar-refractivity contribution >= 4 is 11.5 Å². The van der Waals surface area contributed by atoms with Gasteiger partial charge in [0.05, 0.1) is 11.9 Å². The number of anilines is 2. The van der Waals surface area contributed by atoms with E-state index in [9.17, 15) is 0 Å². The van der Waals surface area contributed by atoms with E-state index >= 15 is 0 Å². The van der Waals surface area contributed by atoms with Gasteiger partial charge in [-0.25, -0.2) is 4.98 Å². The number of unbranched alkanes of at least 4 members (excludes halogenated alkanes) is 1. The van der Waals surface area contributed by atoms with E-state index in [0.29, 0.717) is 5.82 Å². The Bertz CT molecular complexity index is 269. The third kappa shape index (κ3) is 3.78. The van der Waals surface area contributed by atoms with Gasteiger partial charge in [0.1, 0.15) is 5.82 Å². The minimum Gasteiger partial charge on any atom is -0.384 e. The molecule has 1 rings (SSSR count). The Labute approximate surface area is 92.3 Å². The Balaban J connectivity index is 2.65. The topological polar surface area (TPSA) is 42.1 Å². The third-order valence-electron chi connectivity index (χ3n) is 2.41. The lowest BCUT2D eigenvalue weighted by Gasteiger charge is -2.23. The Morgan fingerprint density at radius 3 is 2.53 bits per heavy atom. The van der Waals surface area contributed by atoms with Gasteiger partial charge >= 0.3 is 0 Å². The summed E-state index contributed by atoms with van der Waals surface area (Å²) in [6.45, 7) is 6.61. The summed E-state index contributed by atoms with van der Waals surface area (Å²) in [6.07, 6.45) is 5.47. The summed E-state index contributed by atoms with van der Waals surface area (Å²) in [4.78, 5) is 6.50. The molecule has 3 nitrogen and oxygen atoms in total. The van der Waals surface area contributed by atoms with Crippen molar-refractivity contribution in [2.45, 2.75) is 33.1 Å². The zero-order valence-corrected chi connectivity index (χ0v) is 9.74. The summed E-state index contributed by atoms with van der Waals surface area (Å²) in [5, 5.41) is 0. The van der Waals surface area contributed by atoms with Gasteiger partial charge in [-0.1, -0.05) is 20.3 Å². The van der Waals surface area contributed by atoms with Crippen molar-refractivity contribution in [1.82, 2.24) is 4.98 Å². The second kappa shape index (κ2) is 6.27. The largest absolute Gasteiger partial charge is 0.384 e. The zero-order valence-electron chi connectivity index (χ0n) is 9.74. The highest BCUT2D eigenvalue weighted by Gasteiger charge is 2.04. The van der Waals surface area contributed by atoms with Crippen LogP contribution in [0.25, 0.3) is 0 Å². The number of hydrogen-bond acceptors (Lipinski definition) is 3. The van der Waals surface area contributed by atoms with Crippen LogP contribution in [0.4, 0.5) is 11.5 Å². The molecule has 0 saturated heterocycles. The van der Waals surface area contributed by atoms with Crippen molar-refractivity contribution in [2.75, 3.05) is 23.7 Å². The second-order valence-corrected chi connectivity index (χ2v) is 3.78. The predicted octanol–water partition coefficient (Wildman–Crippen LogP) is 2.68. The molecule has 84 valence electrons. The highest BCUT2D eigenvalue weighted by Crippen LogP contribution is 2.14. The van der Waals surface area contributed by atoms with Crippen LogP contribution < -0.4 is 10.6 Å². The summed E-state index contributed by atoms with van der Waals surface area (Å²) < 4.78 is 0. The number of aromatic nitrogens is 1. The quantitative estimate of drug-likeness (QED) is 0.779. The molecule has 2 N–H and O–H groups in total. The van der Waals surface area contributed by atoms with Gasteiger partial charge in [-0.15, -0.1) is 0 Å². The maximum absolute atomic E-state index is 5.57. The summed E-state index contributed by atoms with van der Waals surface area (Å²) in [5.41, 5.74) is 6.75. The Hall–Kier alpha value is -1.25. The molecule has 0 aliphatic rings. The summed E-state index contributed by atoms with van der Waals surface area (Å²) in [7, 11) is 0. The zero-order chi connectivity index (χ0) is 11.1. The Kier molecular flexibility index (Phi) is 4.95. The summed E-state index contributed by atoms with van der Waals surface area (Å²) in [5.74, 6) is 0.589. The standard InChI is InChI=1S/C12H21N3/c1-3-5-9-15(8-4-2)11-6-7-12(13)14-10-11/h6-7,10H,3-5,8-9H2,1-2H3,(H2,13,14). The van der Waals surface area contributed by atoms with Crippen LogP contribution in [0.15, 0.2) is 18.3 Å². The van der Waals surface area contributed by atoms with Crippen LogP contribution in [-0.4, -0.2) is 18.1 Å². The molecule has 1 aromatic heterocycles. The van der Waals surface area contributed by atoms with E-state index in [1.807, 2.05) is 18.3 Å². The van der Waals surface area contributed by atoms with Crippen LogP contribution >= 0.6 is 0 Å². The molecule has 0 spiro atoms. The molecule has 0 aromatic carbocycles. The molecular formula is C12H21N3. The smallest absolute Gasteiger partial charge is 0.123 e. The number of nitrogens with zero attached hydrogens (tertiary/aromatic N) is 2. The highest BCUT2D eigenvalue weighted by atomic mass is 15.1. The van der Waals surface area contributed by atoms with E-state index in [-0.39, 0.29) is 0 Å². The maximum Gasteiger partial charge on any atom is 0.123 e. The van der Waals surface area contributed by atoms with Crippen molar-refractivity contribution in [1.29, 1.82) is 0 Å². The average molecular weight is 207 g/mol. The molecule has 0 amide bonds. The molecule has 1 heterocycles. The first-order chi connectivity index (χ1) is 7.27. The van der Waals surface area contributed by atoms with E-state index in [1.54, 1.807) is 0 Å². The molecule has 1 aromatic rings. The average Bonchev–Trinajstić information content (AvgIpc) is 2.25. The van der Waals surface area contributed by atoms with Crippen LogP contribution in [0.5, 0.6) is 0 Å². The Morgan fingerprint density at radius 1 is 1.20 bits per heavy atom. The number of rotatable bonds is 6. The van der Waals surface area contributed by atoms with Crippen LogP contribution in [0.3, 0.4) is 0 Å². The van der Waals surface area contributed by atoms with Crippen molar-refractivity contribution in [3.8, 4) is 0 Å². The molecule has 0 radical (unpaired) electrons. The Morgan fingerprint density at radius 2 is 2.00 bits per heavy atom. The molecule has 0 bridgehead atoms. The molecule has 15 heavy (non-hydrogen) atoms. The lowest BCUT2D eigenvalue weighted by molar-refractivity contribution is 0.703. The monoisotopic (exact) mass is 207 g/mol. The SMILES string of the molecule is CCCCN(CCC)c1ccc(N)nc1. The van der Waals surface area contributed by atoms with Gasteiger partial charge in [-0.05, 0) is 25.0 Å². The van der Waals surface area contributed by atoms with Gasteiger partial charge in [-0.2, -0.15) is 0 Å². The summed E-state index contributed by atoms with van der Waals surface area (Å²) in [6, 6.07) is 3.91. The lowest BCUT2D eigenvalue weighted by Crippen LogP contribution is -2.25. The van der Waals surface area contributed by atoms with Crippen LogP contribution in [0, 0.1) is 0 Å².